The zero-order valence-corrected chi connectivity index (χ0v) is 10.6. The molecule has 0 aliphatic rings. The fourth-order valence-corrected chi connectivity index (χ4v) is 2.94. The second-order valence-electron chi connectivity index (χ2n) is 3.65. The Hall–Kier alpha value is -1.00. The van der Waals surface area contributed by atoms with Gasteiger partial charge in [0, 0.05) is 29.7 Å². The van der Waals surface area contributed by atoms with Crippen molar-refractivity contribution in [2.75, 3.05) is 5.73 Å². The van der Waals surface area contributed by atoms with Crippen LogP contribution in [0.3, 0.4) is 0 Å². The van der Waals surface area contributed by atoms with Gasteiger partial charge in [-0.3, -0.25) is 0 Å². The lowest BCUT2D eigenvalue weighted by Gasteiger charge is -2.17. The van der Waals surface area contributed by atoms with Crippen LogP contribution in [0.25, 0.3) is 0 Å². The van der Waals surface area contributed by atoms with Crippen LogP contribution in [0.2, 0.25) is 5.02 Å². The molecular formula is C11H14ClN3S. The summed E-state index contributed by atoms with van der Waals surface area (Å²) >= 11 is 7.79. The monoisotopic (exact) mass is 255 g/mol. The number of rotatable bonds is 4. The van der Waals surface area contributed by atoms with Crippen LogP contribution in [0, 0.1) is 0 Å². The van der Waals surface area contributed by atoms with Gasteiger partial charge in [0.1, 0.15) is 0 Å². The van der Waals surface area contributed by atoms with Gasteiger partial charge < -0.3 is 10.3 Å². The molecule has 1 unspecified atom stereocenters. The zero-order valence-electron chi connectivity index (χ0n) is 9.06. The fraction of sp³-hybridized carbons (Fsp3) is 0.364. The molecular weight excluding hydrogens is 242 g/mol. The maximum absolute atomic E-state index is 6.10. The molecule has 0 aromatic carbocycles. The lowest BCUT2D eigenvalue weighted by molar-refractivity contribution is 0.492. The van der Waals surface area contributed by atoms with Crippen molar-refractivity contribution in [1.29, 1.82) is 0 Å². The van der Waals surface area contributed by atoms with Crippen molar-refractivity contribution in [3.8, 4) is 0 Å². The summed E-state index contributed by atoms with van der Waals surface area (Å²) in [6.07, 6.45) is 5.57. The van der Waals surface area contributed by atoms with Crippen molar-refractivity contribution in [3.05, 3.63) is 33.7 Å². The van der Waals surface area contributed by atoms with E-state index >= 15 is 0 Å². The highest BCUT2D eigenvalue weighted by molar-refractivity contribution is 7.10. The first-order valence-corrected chi connectivity index (χ1v) is 6.48. The van der Waals surface area contributed by atoms with Crippen molar-refractivity contribution >= 4 is 28.9 Å². The Balaban J connectivity index is 2.19. The van der Waals surface area contributed by atoms with Gasteiger partial charge >= 0.3 is 0 Å². The van der Waals surface area contributed by atoms with Gasteiger partial charge in [-0.1, -0.05) is 18.5 Å². The summed E-state index contributed by atoms with van der Waals surface area (Å²) in [4.78, 5) is 5.26. The molecule has 0 bridgehead atoms. The van der Waals surface area contributed by atoms with Gasteiger partial charge in [-0.2, -0.15) is 0 Å². The zero-order chi connectivity index (χ0) is 11.5. The van der Waals surface area contributed by atoms with Gasteiger partial charge in [0.25, 0.3) is 0 Å². The third-order valence-corrected chi connectivity index (χ3v) is 4.08. The number of nitrogens with two attached hydrogens (primary N) is 1. The van der Waals surface area contributed by atoms with E-state index in [0.29, 0.717) is 12.0 Å². The molecule has 2 heterocycles. The van der Waals surface area contributed by atoms with E-state index < -0.39 is 0 Å². The van der Waals surface area contributed by atoms with Crippen molar-refractivity contribution in [2.24, 2.45) is 0 Å². The number of hydrogen-bond acceptors (Lipinski definition) is 3. The molecule has 3 nitrogen and oxygen atoms in total. The molecule has 0 fully saturated rings. The molecule has 2 aromatic heterocycles. The number of nitrogen functional groups attached to an aromatic ring is 1. The Morgan fingerprint density at radius 2 is 2.44 bits per heavy atom. The van der Waals surface area contributed by atoms with Gasteiger partial charge in [0.15, 0.2) is 5.95 Å². The second kappa shape index (κ2) is 4.89. The van der Waals surface area contributed by atoms with E-state index in [1.807, 2.05) is 22.2 Å². The molecule has 86 valence electrons. The Labute approximate surface area is 104 Å². The minimum absolute atomic E-state index is 0.332. The number of imidazole rings is 1. The lowest BCUT2D eigenvalue weighted by atomic mass is 10.1. The molecule has 2 aromatic rings. The smallest absolute Gasteiger partial charge is 0.200 e. The maximum Gasteiger partial charge on any atom is 0.200 e. The number of thiophene rings is 1. The molecule has 0 aliphatic heterocycles. The van der Waals surface area contributed by atoms with Crippen molar-refractivity contribution in [3.63, 3.8) is 0 Å². The predicted molar refractivity (Wildman–Crippen MR) is 69.0 cm³/mol. The minimum Gasteiger partial charge on any atom is -0.369 e. The van der Waals surface area contributed by atoms with E-state index in [-0.39, 0.29) is 0 Å². The first kappa shape index (κ1) is 11.5. The summed E-state index contributed by atoms with van der Waals surface area (Å²) in [7, 11) is 0. The van der Waals surface area contributed by atoms with Gasteiger partial charge in [0.05, 0.1) is 5.02 Å². The van der Waals surface area contributed by atoms with Gasteiger partial charge in [0.2, 0.25) is 0 Å². The number of aromatic nitrogens is 2. The van der Waals surface area contributed by atoms with Crippen LogP contribution in [0.15, 0.2) is 23.8 Å². The molecule has 16 heavy (non-hydrogen) atoms. The SMILES string of the molecule is CCC(Cc1sccc1Cl)n1ccnc1N. The van der Waals surface area contributed by atoms with Gasteiger partial charge in [-0.15, -0.1) is 11.3 Å². The number of hydrogen-bond donors (Lipinski definition) is 1. The van der Waals surface area contributed by atoms with E-state index in [0.717, 1.165) is 17.9 Å². The average molecular weight is 256 g/mol. The molecule has 2 rings (SSSR count). The number of halogens is 1. The quantitative estimate of drug-likeness (QED) is 0.910. The Kier molecular flexibility index (Phi) is 3.51. The van der Waals surface area contributed by atoms with E-state index in [2.05, 4.69) is 11.9 Å². The molecule has 0 saturated heterocycles. The van der Waals surface area contributed by atoms with Gasteiger partial charge in [-0.25, -0.2) is 4.98 Å². The maximum atomic E-state index is 6.10. The standard InChI is InChI=1S/C11H14ClN3S/c1-2-8(15-5-4-14-11(15)13)7-10-9(12)3-6-16-10/h3-6,8H,2,7H2,1H3,(H2,13,14). The summed E-state index contributed by atoms with van der Waals surface area (Å²) < 4.78 is 2.01. The van der Waals surface area contributed by atoms with Gasteiger partial charge in [-0.05, 0) is 17.9 Å². The third-order valence-electron chi connectivity index (χ3n) is 2.68. The largest absolute Gasteiger partial charge is 0.369 e. The highest BCUT2D eigenvalue weighted by atomic mass is 35.5. The van der Waals surface area contributed by atoms with E-state index in [9.17, 15) is 0 Å². The minimum atomic E-state index is 0.332. The Bertz CT molecular complexity index is 463. The lowest BCUT2D eigenvalue weighted by Crippen LogP contribution is -2.12. The molecule has 1 atom stereocenters. The average Bonchev–Trinajstić information content (AvgIpc) is 2.85. The van der Waals surface area contributed by atoms with Crippen LogP contribution < -0.4 is 5.73 Å². The molecule has 0 aliphatic carbocycles. The first-order chi connectivity index (χ1) is 7.72. The topological polar surface area (TPSA) is 43.8 Å². The Morgan fingerprint density at radius 1 is 1.62 bits per heavy atom. The normalized spacial score (nSPS) is 12.9. The predicted octanol–water partition coefficient (Wildman–Crippen LogP) is 3.37. The van der Waals surface area contributed by atoms with Crippen LogP contribution in [0.5, 0.6) is 0 Å². The van der Waals surface area contributed by atoms with Crippen molar-refractivity contribution < 1.29 is 0 Å². The number of anilines is 1. The second-order valence-corrected chi connectivity index (χ2v) is 5.06. The summed E-state index contributed by atoms with van der Waals surface area (Å²) in [5.41, 5.74) is 5.81. The Morgan fingerprint density at radius 3 is 2.94 bits per heavy atom. The van der Waals surface area contributed by atoms with E-state index in [1.165, 1.54) is 4.88 Å². The summed E-state index contributed by atoms with van der Waals surface area (Å²) in [5.74, 6) is 0.569. The first-order valence-electron chi connectivity index (χ1n) is 5.22. The van der Waals surface area contributed by atoms with Crippen molar-refractivity contribution in [1.82, 2.24) is 9.55 Å². The van der Waals surface area contributed by atoms with Crippen LogP contribution in [0.4, 0.5) is 5.95 Å². The van der Waals surface area contributed by atoms with Crippen molar-refractivity contribution in [2.45, 2.75) is 25.8 Å². The molecule has 0 spiro atoms. The van der Waals surface area contributed by atoms with Crippen LogP contribution in [0.1, 0.15) is 24.3 Å². The summed E-state index contributed by atoms with van der Waals surface area (Å²) in [5, 5.41) is 2.86. The summed E-state index contributed by atoms with van der Waals surface area (Å²) in [6.45, 7) is 2.14. The van der Waals surface area contributed by atoms with Crippen LogP contribution >= 0.6 is 22.9 Å². The summed E-state index contributed by atoms with van der Waals surface area (Å²) in [6, 6.07) is 2.27. The molecule has 0 radical (unpaired) electrons. The molecule has 0 amide bonds. The molecule has 5 heteroatoms. The van der Waals surface area contributed by atoms with Crippen LogP contribution in [-0.4, -0.2) is 9.55 Å². The molecule has 2 N–H and O–H groups in total. The van der Waals surface area contributed by atoms with E-state index in [1.54, 1.807) is 17.5 Å². The van der Waals surface area contributed by atoms with E-state index in [4.69, 9.17) is 17.3 Å². The van der Waals surface area contributed by atoms with Crippen LogP contribution in [-0.2, 0) is 6.42 Å². The fourth-order valence-electron chi connectivity index (χ4n) is 1.76. The highest BCUT2D eigenvalue weighted by Crippen LogP contribution is 2.28. The third kappa shape index (κ3) is 2.23. The molecule has 0 saturated carbocycles. The highest BCUT2D eigenvalue weighted by Gasteiger charge is 2.14. The number of nitrogens with zero attached hydrogens (tertiary/aromatic N) is 2.